The predicted octanol–water partition coefficient (Wildman–Crippen LogP) is 3.68. The highest BCUT2D eigenvalue weighted by atomic mass is 19.4. The molecule has 1 atom stereocenters. The summed E-state index contributed by atoms with van der Waals surface area (Å²) in [7, 11) is 1.86. The van der Waals surface area contributed by atoms with Gasteiger partial charge in [0.05, 0.1) is 30.0 Å². The summed E-state index contributed by atoms with van der Waals surface area (Å²) in [5.74, 6) is 0.783. The zero-order valence-corrected chi connectivity index (χ0v) is 21.4. The minimum atomic E-state index is -4.67. The van der Waals surface area contributed by atoms with E-state index in [4.69, 9.17) is 4.74 Å². The van der Waals surface area contributed by atoms with Crippen molar-refractivity contribution in [1.29, 1.82) is 0 Å². The van der Waals surface area contributed by atoms with E-state index in [0.29, 0.717) is 50.3 Å². The molecule has 0 N–H and O–H groups in total. The van der Waals surface area contributed by atoms with Crippen LogP contribution in [0.4, 0.5) is 17.6 Å². The number of alkyl halides is 4. The fourth-order valence-corrected chi connectivity index (χ4v) is 5.62. The van der Waals surface area contributed by atoms with Crippen molar-refractivity contribution in [2.24, 2.45) is 7.05 Å². The van der Waals surface area contributed by atoms with E-state index in [-0.39, 0.29) is 24.0 Å². The molecule has 0 saturated carbocycles. The summed E-state index contributed by atoms with van der Waals surface area (Å²) in [4.78, 5) is 15.3. The van der Waals surface area contributed by atoms with E-state index in [2.05, 4.69) is 10.2 Å². The van der Waals surface area contributed by atoms with Gasteiger partial charge in [-0.05, 0) is 48.7 Å². The van der Waals surface area contributed by atoms with Crippen LogP contribution in [0.25, 0.3) is 11.2 Å². The van der Waals surface area contributed by atoms with Crippen molar-refractivity contribution in [3.8, 4) is 5.69 Å². The number of imidazole rings is 1. The van der Waals surface area contributed by atoms with Crippen molar-refractivity contribution < 1.29 is 22.3 Å². The van der Waals surface area contributed by atoms with Crippen LogP contribution in [-0.2, 0) is 36.3 Å². The lowest BCUT2D eigenvalue weighted by Gasteiger charge is -2.41. The summed E-state index contributed by atoms with van der Waals surface area (Å²) < 4.78 is 66.0. The number of nitrogens with zero attached hydrogens (tertiary/aromatic N) is 6. The summed E-state index contributed by atoms with van der Waals surface area (Å²) in [6.07, 6.45) is 0.288. The number of hydrogen-bond acceptors (Lipinski definition) is 5. The van der Waals surface area contributed by atoms with Crippen molar-refractivity contribution >= 4 is 5.52 Å². The average molecular weight is 545 g/mol. The summed E-state index contributed by atoms with van der Waals surface area (Å²) in [6, 6.07) is 8.31. The molecule has 2 saturated heterocycles. The number of rotatable bonds is 6. The van der Waals surface area contributed by atoms with E-state index in [9.17, 15) is 22.4 Å². The maximum atomic E-state index is 14.1. The standard InChI is InChI=1S/C27H28F4N6O2/c1-34-17-32-33-24(34)10-26(15-39-16-26)19-4-2-6-21(9-19)36-14-23-22(27(29,30)31)8-18(12-37(23)25(36)38)11-35-7-3-5-20(28)13-35/h2,4,6,8-9,12,14,17,20H,3,5,7,10-11,13,15-16H2,1H3/t20-/m0/s1. The minimum absolute atomic E-state index is 0.136. The van der Waals surface area contributed by atoms with E-state index in [1.165, 1.54) is 17.0 Å². The van der Waals surface area contributed by atoms with Gasteiger partial charge in [0.15, 0.2) is 0 Å². The van der Waals surface area contributed by atoms with E-state index in [1.807, 2.05) is 23.7 Å². The van der Waals surface area contributed by atoms with E-state index in [1.54, 1.807) is 23.4 Å². The van der Waals surface area contributed by atoms with Crippen molar-refractivity contribution in [3.05, 3.63) is 82.1 Å². The monoisotopic (exact) mass is 544 g/mol. The Morgan fingerprint density at radius 1 is 1.18 bits per heavy atom. The molecule has 12 heteroatoms. The van der Waals surface area contributed by atoms with Gasteiger partial charge in [0.1, 0.15) is 18.3 Å². The third kappa shape index (κ3) is 4.76. The van der Waals surface area contributed by atoms with Crippen LogP contribution >= 0.6 is 0 Å². The van der Waals surface area contributed by atoms with Crippen molar-refractivity contribution in [1.82, 2.24) is 28.6 Å². The summed E-state index contributed by atoms with van der Waals surface area (Å²) in [5.41, 5.74) is -0.450. The van der Waals surface area contributed by atoms with Crippen molar-refractivity contribution in [2.75, 3.05) is 26.3 Å². The number of ether oxygens (including phenoxy) is 1. The van der Waals surface area contributed by atoms with Crippen LogP contribution in [0.1, 0.15) is 35.4 Å². The first-order chi connectivity index (χ1) is 18.6. The molecule has 5 heterocycles. The Morgan fingerprint density at radius 2 is 2.00 bits per heavy atom. The first-order valence-electron chi connectivity index (χ1n) is 12.8. The SMILES string of the molecule is Cn1cnnc1CC1(c2cccc(-n3cc4c(C(F)(F)F)cc(CN5CCC[C@H](F)C5)cn4c3=O)c2)COC1. The molecular weight excluding hydrogens is 516 g/mol. The largest absolute Gasteiger partial charge is 0.418 e. The van der Waals surface area contributed by atoms with Gasteiger partial charge in [-0.25, -0.2) is 9.18 Å². The Labute approximate surface area is 221 Å². The maximum absolute atomic E-state index is 14.1. The number of aryl methyl sites for hydroxylation is 1. The molecule has 4 aromatic rings. The molecule has 0 amide bonds. The molecule has 0 radical (unpaired) electrons. The second-order valence-electron chi connectivity index (χ2n) is 10.6. The Kier molecular flexibility index (Phi) is 6.34. The molecule has 206 valence electrons. The minimum Gasteiger partial charge on any atom is -0.379 e. The molecule has 6 rings (SSSR count). The van der Waals surface area contributed by atoms with Gasteiger partial charge in [0.25, 0.3) is 0 Å². The van der Waals surface area contributed by atoms with Gasteiger partial charge < -0.3 is 9.30 Å². The quantitative estimate of drug-likeness (QED) is 0.347. The van der Waals surface area contributed by atoms with Gasteiger partial charge in [0, 0.05) is 44.4 Å². The first-order valence-corrected chi connectivity index (χ1v) is 12.8. The Hall–Kier alpha value is -3.51. The summed E-state index contributed by atoms with van der Waals surface area (Å²) >= 11 is 0. The predicted molar refractivity (Wildman–Crippen MR) is 135 cm³/mol. The van der Waals surface area contributed by atoms with Gasteiger partial charge in [0.2, 0.25) is 0 Å². The Balaban J connectivity index is 1.40. The number of piperidine rings is 1. The molecule has 0 spiro atoms. The molecular formula is C27H28F4N6O2. The van der Waals surface area contributed by atoms with Crippen LogP contribution in [0.15, 0.2) is 53.8 Å². The second-order valence-corrected chi connectivity index (χ2v) is 10.6. The van der Waals surface area contributed by atoms with E-state index < -0.39 is 23.6 Å². The van der Waals surface area contributed by atoms with Gasteiger partial charge >= 0.3 is 11.9 Å². The number of benzene rings is 1. The molecule has 3 aromatic heterocycles. The van der Waals surface area contributed by atoms with Gasteiger partial charge in [-0.15, -0.1) is 10.2 Å². The highest BCUT2D eigenvalue weighted by molar-refractivity contribution is 5.58. The lowest BCUT2D eigenvalue weighted by atomic mass is 9.75. The third-order valence-corrected chi connectivity index (χ3v) is 7.78. The number of fused-ring (bicyclic) bond motifs is 1. The number of aromatic nitrogens is 5. The molecule has 2 aliphatic rings. The topological polar surface area (TPSA) is 69.6 Å². The highest BCUT2D eigenvalue weighted by Gasteiger charge is 2.42. The van der Waals surface area contributed by atoms with Gasteiger partial charge in [-0.3, -0.25) is 13.9 Å². The maximum Gasteiger partial charge on any atom is 0.418 e. The molecule has 39 heavy (non-hydrogen) atoms. The zero-order chi connectivity index (χ0) is 27.4. The number of likely N-dealkylation sites (tertiary alicyclic amines) is 1. The molecule has 0 aliphatic carbocycles. The van der Waals surface area contributed by atoms with Crippen LogP contribution in [0.5, 0.6) is 0 Å². The fourth-order valence-electron chi connectivity index (χ4n) is 5.62. The smallest absolute Gasteiger partial charge is 0.379 e. The zero-order valence-electron chi connectivity index (χ0n) is 21.4. The Morgan fingerprint density at radius 3 is 2.67 bits per heavy atom. The van der Waals surface area contributed by atoms with Crippen LogP contribution in [-0.4, -0.2) is 61.1 Å². The van der Waals surface area contributed by atoms with Gasteiger partial charge in [-0.1, -0.05) is 12.1 Å². The molecule has 0 bridgehead atoms. The molecule has 2 aliphatic heterocycles. The number of halogens is 4. The van der Waals surface area contributed by atoms with Crippen LogP contribution in [0, 0.1) is 0 Å². The van der Waals surface area contributed by atoms with Crippen LogP contribution < -0.4 is 5.69 Å². The van der Waals surface area contributed by atoms with E-state index in [0.717, 1.165) is 21.9 Å². The van der Waals surface area contributed by atoms with E-state index >= 15 is 0 Å². The first kappa shape index (κ1) is 25.8. The highest BCUT2D eigenvalue weighted by Crippen LogP contribution is 2.37. The van der Waals surface area contributed by atoms with Crippen molar-refractivity contribution in [3.63, 3.8) is 0 Å². The Bertz CT molecular complexity index is 1570. The second kappa shape index (κ2) is 9.60. The fraction of sp³-hybridized carbons (Fsp3) is 0.444. The molecule has 8 nitrogen and oxygen atoms in total. The molecule has 1 aromatic carbocycles. The number of pyridine rings is 1. The summed E-state index contributed by atoms with van der Waals surface area (Å²) in [6.45, 7) is 1.81. The number of hydrogen-bond donors (Lipinski definition) is 0. The molecule has 2 fully saturated rings. The normalized spacial score (nSPS) is 19.9. The van der Waals surface area contributed by atoms with Crippen molar-refractivity contribution in [2.45, 2.75) is 43.6 Å². The summed E-state index contributed by atoms with van der Waals surface area (Å²) in [5, 5.41) is 8.13. The lowest BCUT2D eigenvalue weighted by Crippen LogP contribution is -2.49. The van der Waals surface area contributed by atoms with Crippen LogP contribution in [0.2, 0.25) is 0 Å². The molecule has 0 unspecified atom stereocenters. The average Bonchev–Trinajstić information content (AvgIpc) is 3.43. The van der Waals surface area contributed by atoms with Crippen LogP contribution in [0.3, 0.4) is 0 Å². The van der Waals surface area contributed by atoms with Gasteiger partial charge in [-0.2, -0.15) is 13.2 Å². The lowest BCUT2D eigenvalue weighted by molar-refractivity contribution is -0.136. The third-order valence-electron chi connectivity index (χ3n) is 7.78.